The predicted molar refractivity (Wildman–Crippen MR) is 60.6 cm³/mol. The first-order valence-electron chi connectivity index (χ1n) is 5.09. The van der Waals surface area contributed by atoms with E-state index in [0.29, 0.717) is 6.61 Å². The number of anilines is 1. The van der Waals surface area contributed by atoms with Gasteiger partial charge in [-0.25, -0.2) is 0 Å². The van der Waals surface area contributed by atoms with Crippen LogP contribution in [-0.4, -0.2) is 12.6 Å². The summed E-state index contributed by atoms with van der Waals surface area (Å²) in [7, 11) is 0. The molecule has 0 spiro atoms. The molecule has 0 unspecified atom stereocenters. The van der Waals surface area contributed by atoms with Crippen LogP contribution in [0.25, 0.3) is 0 Å². The normalized spacial score (nSPS) is 12.2. The van der Waals surface area contributed by atoms with Crippen molar-refractivity contribution in [3.63, 3.8) is 0 Å². The number of aryl methyl sites for hydroxylation is 1. The van der Waals surface area contributed by atoms with E-state index in [1.807, 2.05) is 32.0 Å². The van der Waals surface area contributed by atoms with Crippen LogP contribution < -0.4 is 5.73 Å². The maximum atomic E-state index is 11.5. The quantitative estimate of drug-likeness (QED) is 0.611. The van der Waals surface area contributed by atoms with Crippen molar-refractivity contribution in [2.45, 2.75) is 26.7 Å². The van der Waals surface area contributed by atoms with Crippen molar-refractivity contribution in [3.05, 3.63) is 29.3 Å². The third kappa shape index (κ3) is 2.72. The van der Waals surface area contributed by atoms with Crippen LogP contribution >= 0.6 is 0 Å². The maximum absolute atomic E-state index is 11.5. The van der Waals surface area contributed by atoms with Gasteiger partial charge >= 0.3 is 5.97 Å². The largest absolute Gasteiger partial charge is 0.466 e. The lowest BCUT2D eigenvalue weighted by Gasteiger charge is -2.12. The van der Waals surface area contributed by atoms with Gasteiger partial charge in [-0.15, -0.1) is 0 Å². The Morgan fingerprint density at radius 1 is 1.53 bits per heavy atom. The second-order valence-electron chi connectivity index (χ2n) is 3.59. The Balaban J connectivity index is 2.86. The standard InChI is InChI=1S/C12H17NO2/c1-4-15-12(14)9(3)10-5-6-11(13)8(2)7-10/h5-7,9H,4,13H2,1-3H3/t9-/m1/s1. The molecule has 3 heteroatoms. The van der Waals surface area contributed by atoms with Crippen molar-refractivity contribution in [3.8, 4) is 0 Å². The lowest BCUT2D eigenvalue weighted by molar-refractivity contribution is -0.144. The smallest absolute Gasteiger partial charge is 0.313 e. The summed E-state index contributed by atoms with van der Waals surface area (Å²) in [5.74, 6) is -0.425. The number of carbonyl (C=O) groups excluding carboxylic acids is 1. The predicted octanol–water partition coefficient (Wildman–Crippen LogP) is 2.24. The van der Waals surface area contributed by atoms with Crippen LogP contribution in [0.15, 0.2) is 18.2 Å². The van der Waals surface area contributed by atoms with Gasteiger partial charge in [0.05, 0.1) is 12.5 Å². The molecule has 1 aromatic carbocycles. The zero-order chi connectivity index (χ0) is 11.4. The second kappa shape index (κ2) is 4.82. The number of hydrogen-bond donors (Lipinski definition) is 1. The molecule has 0 saturated carbocycles. The van der Waals surface area contributed by atoms with Crippen LogP contribution in [0.5, 0.6) is 0 Å². The maximum Gasteiger partial charge on any atom is 0.313 e. The first kappa shape index (κ1) is 11.6. The molecule has 0 aliphatic rings. The molecule has 1 rings (SSSR count). The summed E-state index contributed by atoms with van der Waals surface area (Å²) in [6.45, 7) is 5.98. The van der Waals surface area contributed by atoms with Gasteiger partial charge in [0.25, 0.3) is 0 Å². The summed E-state index contributed by atoms with van der Waals surface area (Å²) in [4.78, 5) is 11.5. The molecule has 82 valence electrons. The van der Waals surface area contributed by atoms with Gasteiger partial charge in [-0.3, -0.25) is 4.79 Å². The summed E-state index contributed by atoms with van der Waals surface area (Å²) >= 11 is 0. The molecule has 0 aromatic heterocycles. The Morgan fingerprint density at radius 2 is 2.20 bits per heavy atom. The highest BCUT2D eigenvalue weighted by Gasteiger charge is 2.16. The Hall–Kier alpha value is -1.51. The van der Waals surface area contributed by atoms with Crippen molar-refractivity contribution < 1.29 is 9.53 Å². The second-order valence-corrected chi connectivity index (χ2v) is 3.59. The third-order valence-electron chi connectivity index (χ3n) is 2.43. The number of esters is 1. The van der Waals surface area contributed by atoms with E-state index in [9.17, 15) is 4.79 Å². The lowest BCUT2D eigenvalue weighted by atomic mass is 9.99. The molecule has 0 amide bonds. The van der Waals surface area contributed by atoms with Crippen LogP contribution in [0.2, 0.25) is 0 Å². The minimum absolute atomic E-state index is 0.193. The van der Waals surface area contributed by atoms with E-state index in [4.69, 9.17) is 10.5 Å². The molecule has 2 N–H and O–H groups in total. The molecule has 3 nitrogen and oxygen atoms in total. The zero-order valence-corrected chi connectivity index (χ0v) is 9.41. The molecular formula is C12H17NO2. The fourth-order valence-electron chi connectivity index (χ4n) is 1.37. The number of nitrogen functional groups attached to an aromatic ring is 1. The Bertz CT molecular complexity index is 361. The first-order chi connectivity index (χ1) is 7.06. The average Bonchev–Trinajstić information content (AvgIpc) is 2.21. The van der Waals surface area contributed by atoms with Crippen LogP contribution in [0.4, 0.5) is 5.69 Å². The van der Waals surface area contributed by atoms with Gasteiger partial charge < -0.3 is 10.5 Å². The highest BCUT2D eigenvalue weighted by molar-refractivity contribution is 5.78. The van der Waals surface area contributed by atoms with Crippen LogP contribution in [0.3, 0.4) is 0 Å². The van der Waals surface area contributed by atoms with Crippen LogP contribution in [0, 0.1) is 6.92 Å². The highest BCUT2D eigenvalue weighted by Crippen LogP contribution is 2.21. The number of nitrogens with two attached hydrogens (primary N) is 1. The minimum atomic E-state index is -0.232. The molecule has 0 radical (unpaired) electrons. The molecular weight excluding hydrogens is 190 g/mol. The van der Waals surface area contributed by atoms with Gasteiger partial charge in [-0.2, -0.15) is 0 Å². The molecule has 0 heterocycles. The van der Waals surface area contributed by atoms with Crippen LogP contribution in [-0.2, 0) is 9.53 Å². The van der Waals surface area contributed by atoms with E-state index in [1.54, 1.807) is 6.92 Å². The van der Waals surface area contributed by atoms with Gasteiger partial charge in [-0.05, 0) is 38.0 Å². The molecule has 0 aliphatic heterocycles. The SMILES string of the molecule is CCOC(=O)[C@H](C)c1ccc(N)c(C)c1. The number of carbonyl (C=O) groups is 1. The summed E-state index contributed by atoms with van der Waals surface area (Å²) in [5.41, 5.74) is 8.39. The van der Waals surface area contributed by atoms with Crippen LogP contribution in [0.1, 0.15) is 30.9 Å². The average molecular weight is 207 g/mol. The summed E-state index contributed by atoms with van der Waals surface area (Å²) in [6, 6.07) is 5.61. The van der Waals surface area contributed by atoms with Crippen molar-refractivity contribution in [1.82, 2.24) is 0 Å². The van der Waals surface area contributed by atoms with Gasteiger partial charge in [0.1, 0.15) is 0 Å². The van der Waals surface area contributed by atoms with Gasteiger partial charge in [0, 0.05) is 5.69 Å². The van der Waals surface area contributed by atoms with E-state index in [-0.39, 0.29) is 11.9 Å². The number of rotatable bonds is 3. The summed E-state index contributed by atoms with van der Waals surface area (Å²) in [5, 5.41) is 0. The lowest BCUT2D eigenvalue weighted by Crippen LogP contribution is -2.13. The van der Waals surface area contributed by atoms with E-state index < -0.39 is 0 Å². The van der Waals surface area contributed by atoms with Crippen molar-refractivity contribution in [2.75, 3.05) is 12.3 Å². The van der Waals surface area contributed by atoms with Gasteiger partial charge in [-0.1, -0.05) is 12.1 Å². The Kier molecular flexibility index (Phi) is 3.72. The molecule has 0 aliphatic carbocycles. The molecule has 0 saturated heterocycles. The van der Waals surface area contributed by atoms with Gasteiger partial charge in [0.15, 0.2) is 0 Å². The minimum Gasteiger partial charge on any atom is -0.466 e. The number of benzene rings is 1. The molecule has 0 bridgehead atoms. The van der Waals surface area contributed by atoms with E-state index in [2.05, 4.69) is 0 Å². The van der Waals surface area contributed by atoms with Crippen molar-refractivity contribution >= 4 is 11.7 Å². The van der Waals surface area contributed by atoms with Crippen molar-refractivity contribution in [1.29, 1.82) is 0 Å². The third-order valence-corrected chi connectivity index (χ3v) is 2.43. The monoisotopic (exact) mass is 207 g/mol. The summed E-state index contributed by atoms with van der Waals surface area (Å²) < 4.78 is 4.96. The zero-order valence-electron chi connectivity index (χ0n) is 9.41. The topological polar surface area (TPSA) is 52.3 Å². The Morgan fingerprint density at radius 3 is 2.73 bits per heavy atom. The first-order valence-corrected chi connectivity index (χ1v) is 5.09. The van der Waals surface area contributed by atoms with E-state index >= 15 is 0 Å². The van der Waals surface area contributed by atoms with Crippen molar-refractivity contribution in [2.24, 2.45) is 0 Å². The fraction of sp³-hybridized carbons (Fsp3) is 0.417. The highest BCUT2D eigenvalue weighted by atomic mass is 16.5. The number of hydrogen-bond acceptors (Lipinski definition) is 3. The number of ether oxygens (including phenoxy) is 1. The molecule has 15 heavy (non-hydrogen) atoms. The molecule has 1 atom stereocenters. The van der Waals surface area contributed by atoms with E-state index in [1.165, 1.54) is 0 Å². The Labute approximate surface area is 90.2 Å². The summed E-state index contributed by atoms with van der Waals surface area (Å²) in [6.07, 6.45) is 0. The molecule has 0 fully saturated rings. The van der Waals surface area contributed by atoms with E-state index in [0.717, 1.165) is 16.8 Å². The fourth-order valence-corrected chi connectivity index (χ4v) is 1.37. The molecule has 1 aromatic rings. The van der Waals surface area contributed by atoms with Gasteiger partial charge in [0.2, 0.25) is 0 Å².